The first-order valence-corrected chi connectivity index (χ1v) is 6.90. The van der Waals surface area contributed by atoms with Crippen molar-refractivity contribution in [1.29, 1.82) is 0 Å². The normalized spacial score (nSPS) is 10.1. The molecule has 2 aromatic carbocycles. The maximum atomic E-state index is 13.5. The molecule has 0 aliphatic heterocycles. The monoisotopic (exact) mass is 333 g/mol. The van der Waals surface area contributed by atoms with E-state index in [1.807, 2.05) is 0 Å². The Hall–Kier alpha value is -3.09. The summed E-state index contributed by atoms with van der Waals surface area (Å²) in [5, 5.41) is 2.50. The molecule has 2 rings (SSSR count). The highest BCUT2D eigenvalue weighted by Crippen LogP contribution is 2.13. The number of hydrogen-bond donors (Lipinski definition) is 1. The minimum atomic E-state index is -1.02. The summed E-state index contributed by atoms with van der Waals surface area (Å²) in [6.45, 7) is 0.632. The molecule has 0 aromatic heterocycles. The number of Topliss-reactive ketones (excluding diaryl/α,β-unsaturated/α-hetero) is 1. The average Bonchev–Trinajstić information content (AvgIpc) is 2.52. The van der Waals surface area contributed by atoms with Crippen LogP contribution in [0.1, 0.15) is 27.6 Å². The molecule has 0 bridgehead atoms. The third kappa shape index (κ3) is 4.45. The zero-order chi connectivity index (χ0) is 17.7. The van der Waals surface area contributed by atoms with Crippen molar-refractivity contribution in [3.63, 3.8) is 0 Å². The van der Waals surface area contributed by atoms with E-state index in [0.717, 1.165) is 12.1 Å². The van der Waals surface area contributed by atoms with Crippen LogP contribution in [0.3, 0.4) is 0 Å². The molecule has 0 heterocycles. The molecule has 0 atom stereocenters. The zero-order valence-electron chi connectivity index (χ0n) is 12.6. The number of benzene rings is 2. The number of rotatable bonds is 5. The largest absolute Gasteiger partial charge is 0.454 e. The minimum Gasteiger partial charge on any atom is -0.454 e. The molecule has 7 heteroatoms. The van der Waals surface area contributed by atoms with Crippen LogP contribution in [0.2, 0.25) is 0 Å². The van der Waals surface area contributed by atoms with E-state index in [4.69, 9.17) is 4.74 Å². The van der Waals surface area contributed by atoms with Gasteiger partial charge < -0.3 is 10.1 Å². The molecule has 0 aliphatic carbocycles. The number of ether oxygens (including phenoxy) is 1. The van der Waals surface area contributed by atoms with Crippen LogP contribution in [-0.2, 0) is 9.53 Å². The van der Waals surface area contributed by atoms with Crippen LogP contribution in [-0.4, -0.2) is 24.3 Å². The molecule has 124 valence electrons. The van der Waals surface area contributed by atoms with Gasteiger partial charge in [0.25, 0.3) is 0 Å². The van der Waals surface area contributed by atoms with Crippen LogP contribution in [0.5, 0.6) is 0 Å². The van der Waals surface area contributed by atoms with Crippen LogP contribution in [0, 0.1) is 11.6 Å². The van der Waals surface area contributed by atoms with E-state index < -0.39 is 30.0 Å². The lowest BCUT2D eigenvalue weighted by atomic mass is 10.1. The lowest BCUT2D eigenvalue weighted by Gasteiger charge is -2.07. The van der Waals surface area contributed by atoms with E-state index in [0.29, 0.717) is 11.8 Å². The summed E-state index contributed by atoms with van der Waals surface area (Å²) in [5.41, 5.74) is 0.151. The molecule has 1 amide bonds. The molecular formula is C17H13F2NO4. The molecule has 0 fully saturated rings. The lowest BCUT2D eigenvalue weighted by molar-refractivity contribution is -0.114. The van der Waals surface area contributed by atoms with Gasteiger partial charge in [0.05, 0.1) is 11.1 Å². The van der Waals surface area contributed by atoms with E-state index in [1.54, 1.807) is 6.07 Å². The molecule has 2 aromatic rings. The van der Waals surface area contributed by atoms with E-state index >= 15 is 0 Å². The van der Waals surface area contributed by atoms with Gasteiger partial charge in [0.2, 0.25) is 11.7 Å². The Balaban J connectivity index is 2.02. The number of carbonyl (C=O) groups is 3. The Bertz CT molecular complexity index is 805. The molecular weight excluding hydrogens is 320 g/mol. The molecule has 24 heavy (non-hydrogen) atoms. The smallest absolute Gasteiger partial charge is 0.338 e. The zero-order valence-corrected chi connectivity index (χ0v) is 12.6. The summed E-state index contributed by atoms with van der Waals surface area (Å²) in [5.74, 6) is -3.74. The van der Waals surface area contributed by atoms with Crippen molar-refractivity contribution in [2.75, 3.05) is 11.9 Å². The van der Waals surface area contributed by atoms with Gasteiger partial charge in [-0.2, -0.15) is 0 Å². The second-order valence-corrected chi connectivity index (χ2v) is 4.89. The van der Waals surface area contributed by atoms with Crippen molar-refractivity contribution >= 4 is 23.3 Å². The number of halogens is 2. The molecule has 0 spiro atoms. The number of amides is 1. The third-order valence-electron chi connectivity index (χ3n) is 2.98. The Labute approximate surface area is 136 Å². The first-order valence-electron chi connectivity index (χ1n) is 6.90. The van der Waals surface area contributed by atoms with Crippen molar-refractivity contribution in [3.8, 4) is 0 Å². The fraction of sp³-hybridized carbons (Fsp3) is 0.118. The van der Waals surface area contributed by atoms with Gasteiger partial charge in [-0.25, -0.2) is 13.6 Å². The second-order valence-electron chi connectivity index (χ2n) is 4.89. The van der Waals surface area contributed by atoms with Crippen molar-refractivity contribution in [3.05, 3.63) is 65.2 Å². The van der Waals surface area contributed by atoms with Gasteiger partial charge in [0.1, 0.15) is 11.6 Å². The van der Waals surface area contributed by atoms with Crippen molar-refractivity contribution in [2.45, 2.75) is 6.92 Å². The van der Waals surface area contributed by atoms with Crippen molar-refractivity contribution in [2.24, 2.45) is 0 Å². The van der Waals surface area contributed by atoms with Crippen molar-refractivity contribution in [1.82, 2.24) is 0 Å². The summed E-state index contributed by atoms with van der Waals surface area (Å²) in [7, 11) is 0. The SMILES string of the molecule is CC(=O)Nc1cccc(C(=O)OCC(=O)c2ccc(F)cc2F)c1. The Morgan fingerprint density at radius 2 is 1.83 bits per heavy atom. The average molecular weight is 333 g/mol. The van der Waals surface area contributed by atoms with Gasteiger partial charge in [0, 0.05) is 18.7 Å². The summed E-state index contributed by atoms with van der Waals surface area (Å²) in [6.07, 6.45) is 0. The molecule has 0 aliphatic rings. The first kappa shape index (κ1) is 17.3. The van der Waals surface area contributed by atoms with E-state index in [2.05, 4.69) is 5.32 Å². The molecule has 5 nitrogen and oxygen atoms in total. The number of carbonyl (C=O) groups excluding carboxylic acids is 3. The summed E-state index contributed by atoms with van der Waals surface area (Å²) >= 11 is 0. The van der Waals surface area contributed by atoms with Gasteiger partial charge in [-0.1, -0.05) is 6.07 Å². The fourth-order valence-electron chi connectivity index (χ4n) is 1.93. The second kappa shape index (κ2) is 7.45. The number of nitrogens with one attached hydrogen (secondary N) is 1. The molecule has 0 radical (unpaired) electrons. The first-order chi connectivity index (χ1) is 11.4. The third-order valence-corrected chi connectivity index (χ3v) is 2.98. The molecule has 1 N–H and O–H groups in total. The molecule has 0 unspecified atom stereocenters. The van der Waals surface area contributed by atoms with Gasteiger partial charge in [-0.15, -0.1) is 0 Å². The number of anilines is 1. The summed E-state index contributed by atoms with van der Waals surface area (Å²) < 4.78 is 31.1. The molecule has 0 saturated heterocycles. The Morgan fingerprint density at radius 3 is 2.50 bits per heavy atom. The Kier molecular flexibility index (Phi) is 5.36. The van der Waals surface area contributed by atoms with Crippen LogP contribution in [0.25, 0.3) is 0 Å². The van der Waals surface area contributed by atoms with E-state index in [-0.39, 0.29) is 17.0 Å². The maximum Gasteiger partial charge on any atom is 0.338 e. The van der Waals surface area contributed by atoms with Crippen molar-refractivity contribution < 1.29 is 27.9 Å². The minimum absolute atomic E-state index is 0.119. The lowest BCUT2D eigenvalue weighted by Crippen LogP contribution is -2.16. The highest BCUT2D eigenvalue weighted by Gasteiger charge is 2.16. The standard InChI is InChI=1S/C17H13F2NO4/c1-10(21)20-13-4-2-3-11(7-13)17(23)24-9-16(22)14-6-5-12(18)8-15(14)19/h2-8H,9H2,1H3,(H,20,21). The fourth-order valence-corrected chi connectivity index (χ4v) is 1.93. The number of hydrogen-bond acceptors (Lipinski definition) is 4. The highest BCUT2D eigenvalue weighted by molar-refractivity contribution is 6.00. The maximum absolute atomic E-state index is 13.5. The van der Waals surface area contributed by atoms with E-state index in [9.17, 15) is 23.2 Å². The summed E-state index contributed by atoms with van der Waals surface area (Å²) in [4.78, 5) is 34.7. The molecule has 0 saturated carbocycles. The van der Waals surface area contributed by atoms with Crippen LogP contribution in [0.15, 0.2) is 42.5 Å². The van der Waals surface area contributed by atoms with Gasteiger partial charge in [0.15, 0.2) is 6.61 Å². The number of esters is 1. The predicted molar refractivity (Wildman–Crippen MR) is 81.7 cm³/mol. The van der Waals surface area contributed by atoms with Crippen LogP contribution < -0.4 is 5.32 Å². The highest BCUT2D eigenvalue weighted by atomic mass is 19.1. The predicted octanol–water partition coefficient (Wildman–Crippen LogP) is 2.96. The van der Waals surface area contributed by atoms with Gasteiger partial charge >= 0.3 is 5.97 Å². The topological polar surface area (TPSA) is 72.5 Å². The Morgan fingerprint density at radius 1 is 1.08 bits per heavy atom. The van der Waals surface area contributed by atoms with E-state index in [1.165, 1.54) is 25.1 Å². The van der Waals surface area contributed by atoms with Gasteiger partial charge in [-0.05, 0) is 30.3 Å². The number of ketones is 1. The quantitative estimate of drug-likeness (QED) is 0.674. The van der Waals surface area contributed by atoms with Crippen LogP contribution >= 0.6 is 0 Å². The van der Waals surface area contributed by atoms with Crippen LogP contribution in [0.4, 0.5) is 14.5 Å². The summed E-state index contributed by atoms with van der Waals surface area (Å²) in [6, 6.07) is 8.43. The van der Waals surface area contributed by atoms with Gasteiger partial charge in [-0.3, -0.25) is 9.59 Å².